The fraction of sp³-hybridized carbons (Fsp3) is 0.742. The molecule has 1 aromatic rings. The van der Waals surface area contributed by atoms with Gasteiger partial charge in [0.2, 0.25) is 0 Å². The van der Waals surface area contributed by atoms with Crippen LogP contribution >= 0.6 is 0 Å². The van der Waals surface area contributed by atoms with Gasteiger partial charge in [-0.25, -0.2) is 0 Å². The van der Waals surface area contributed by atoms with Crippen molar-refractivity contribution in [2.24, 2.45) is 46.8 Å². The van der Waals surface area contributed by atoms with Crippen molar-refractivity contribution in [2.75, 3.05) is 13.7 Å². The van der Waals surface area contributed by atoms with E-state index in [0.29, 0.717) is 22.5 Å². The third-order valence-corrected chi connectivity index (χ3v) is 11.0. The predicted molar refractivity (Wildman–Crippen MR) is 139 cm³/mol. The van der Waals surface area contributed by atoms with Crippen molar-refractivity contribution >= 4 is 5.91 Å². The summed E-state index contributed by atoms with van der Waals surface area (Å²) in [6.45, 7) is 5.76. The molecule has 1 N–H and O–H groups in total. The van der Waals surface area contributed by atoms with E-state index in [1.165, 1.54) is 64.2 Å². The molecule has 4 nitrogen and oxygen atoms in total. The first kappa shape index (κ1) is 24.8. The molecule has 4 heteroatoms. The normalized spacial score (nSPS) is 39.3. The maximum absolute atomic E-state index is 13.0. The number of rotatable bonds is 5. The van der Waals surface area contributed by atoms with Crippen LogP contribution < -0.4 is 5.32 Å². The number of carbonyl (C=O) groups excluding carboxylic acids is 1. The number of ether oxygens (including phenoxy) is 1. The topological polar surface area (TPSA) is 62.1 Å². The smallest absolute Gasteiger partial charge is 0.251 e. The van der Waals surface area contributed by atoms with Gasteiger partial charge in [-0.1, -0.05) is 13.3 Å². The molecule has 9 atom stereocenters. The molecule has 1 aromatic carbocycles. The molecule has 0 bridgehead atoms. The molecule has 4 aliphatic carbocycles. The van der Waals surface area contributed by atoms with E-state index in [4.69, 9.17) is 10.00 Å². The average Bonchev–Trinajstić information content (AvgIpc) is 2.87. The molecule has 3 unspecified atom stereocenters. The molecule has 4 aliphatic rings. The number of methoxy groups -OCH3 is 1. The minimum absolute atomic E-state index is 0.00488. The zero-order valence-corrected chi connectivity index (χ0v) is 22.0. The summed E-state index contributed by atoms with van der Waals surface area (Å²) in [7, 11) is 1.86. The van der Waals surface area contributed by atoms with Gasteiger partial charge in [0.15, 0.2) is 0 Å². The van der Waals surface area contributed by atoms with Crippen LogP contribution in [-0.4, -0.2) is 25.7 Å². The van der Waals surface area contributed by atoms with E-state index < -0.39 is 0 Å². The second-order valence-corrected chi connectivity index (χ2v) is 12.6. The second kappa shape index (κ2) is 10.3. The molecule has 0 aliphatic heterocycles. The third-order valence-electron chi connectivity index (χ3n) is 11.0. The minimum atomic E-state index is -0.00488. The summed E-state index contributed by atoms with van der Waals surface area (Å²) >= 11 is 0. The van der Waals surface area contributed by atoms with Crippen LogP contribution in [0.5, 0.6) is 0 Å². The first-order valence-electron chi connectivity index (χ1n) is 14.2. The van der Waals surface area contributed by atoms with Crippen LogP contribution in [0.1, 0.15) is 94.0 Å². The van der Waals surface area contributed by atoms with Crippen molar-refractivity contribution in [3.8, 4) is 6.07 Å². The Bertz CT molecular complexity index is 936. The largest absolute Gasteiger partial charge is 0.384 e. The van der Waals surface area contributed by atoms with Crippen LogP contribution in [0.15, 0.2) is 24.3 Å². The van der Waals surface area contributed by atoms with Gasteiger partial charge in [-0.05, 0) is 136 Å². The molecular weight excluding hydrogens is 432 g/mol. The molecule has 0 heterocycles. The molecule has 0 aromatic heterocycles. The fourth-order valence-electron chi connectivity index (χ4n) is 9.48. The zero-order valence-electron chi connectivity index (χ0n) is 22.0. The van der Waals surface area contributed by atoms with E-state index in [2.05, 4.69) is 25.2 Å². The first-order chi connectivity index (χ1) is 16.9. The molecule has 0 radical (unpaired) electrons. The van der Waals surface area contributed by atoms with Crippen LogP contribution in [0.3, 0.4) is 0 Å². The predicted octanol–water partition coefficient (Wildman–Crippen LogP) is 6.60. The maximum Gasteiger partial charge on any atom is 0.251 e. The van der Waals surface area contributed by atoms with Gasteiger partial charge in [-0.2, -0.15) is 5.26 Å². The van der Waals surface area contributed by atoms with E-state index in [9.17, 15) is 4.79 Å². The van der Waals surface area contributed by atoms with Crippen LogP contribution in [0.25, 0.3) is 0 Å². The lowest BCUT2D eigenvalue weighted by atomic mass is 9.44. The van der Waals surface area contributed by atoms with Crippen molar-refractivity contribution in [1.29, 1.82) is 5.26 Å². The van der Waals surface area contributed by atoms with E-state index in [0.717, 1.165) is 42.1 Å². The van der Waals surface area contributed by atoms with Crippen LogP contribution in [-0.2, 0) is 4.74 Å². The Morgan fingerprint density at radius 1 is 1.09 bits per heavy atom. The Balaban J connectivity index is 1.27. The van der Waals surface area contributed by atoms with Gasteiger partial charge >= 0.3 is 0 Å². The SMILES string of the molecule is COC[C@H]1CC[C@H]2C(CC[C@@H]3C2CC[C@@]2(C)C3CCC[C@@H]2[C@H](C)NC(=O)c2ccc(C#N)cc2)C1. The van der Waals surface area contributed by atoms with Crippen molar-refractivity contribution in [2.45, 2.75) is 84.1 Å². The summed E-state index contributed by atoms with van der Waals surface area (Å²) in [5.41, 5.74) is 1.58. The van der Waals surface area contributed by atoms with Gasteiger partial charge in [0.05, 0.1) is 11.6 Å². The van der Waals surface area contributed by atoms with Gasteiger partial charge < -0.3 is 10.1 Å². The van der Waals surface area contributed by atoms with Gasteiger partial charge in [0, 0.05) is 25.3 Å². The second-order valence-electron chi connectivity index (χ2n) is 12.6. The molecule has 5 rings (SSSR count). The highest BCUT2D eigenvalue weighted by atomic mass is 16.5. The highest BCUT2D eigenvalue weighted by Gasteiger charge is 2.56. The Hall–Kier alpha value is -1.86. The lowest BCUT2D eigenvalue weighted by Crippen LogP contribution is -2.56. The number of benzene rings is 1. The first-order valence-corrected chi connectivity index (χ1v) is 14.2. The van der Waals surface area contributed by atoms with E-state index in [1.54, 1.807) is 24.3 Å². The highest BCUT2D eigenvalue weighted by Crippen LogP contribution is 2.63. The number of amides is 1. The summed E-state index contributed by atoms with van der Waals surface area (Å²) < 4.78 is 5.51. The van der Waals surface area contributed by atoms with Crippen LogP contribution in [0.2, 0.25) is 0 Å². The number of hydrogen-bond donors (Lipinski definition) is 1. The van der Waals surface area contributed by atoms with Gasteiger partial charge in [0.25, 0.3) is 5.91 Å². The Labute approximate surface area is 212 Å². The van der Waals surface area contributed by atoms with Gasteiger partial charge in [-0.3, -0.25) is 4.79 Å². The maximum atomic E-state index is 13.0. The monoisotopic (exact) mass is 476 g/mol. The number of carbonyl (C=O) groups is 1. The fourth-order valence-corrected chi connectivity index (χ4v) is 9.48. The quantitative estimate of drug-likeness (QED) is 0.521. The highest BCUT2D eigenvalue weighted by molar-refractivity contribution is 5.94. The minimum Gasteiger partial charge on any atom is -0.384 e. The summed E-state index contributed by atoms with van der Waals surface area (Å²) in [5, 5.41) is 12.4. The average molecular weight is 477 g/mol. The Morgan fingerprint density at radius 3 is 2.60 bits per heavy atom. The molecule has 4 fully saturated rings. The van der Waals surface area contributed by atoms with Crippen LogP contribution in [0, 0.1) is 58.2 Å². The van der Waals surface area contributed by atoms with Crippen molar-refractivity contribution in [1.82, 2.24) is 5.32 Å². The zero-order chi connectivity index (χ0) is 24.6. The lowest BCUT2D eigenvalue weighted by Gasteiger charge is -2.61. The van der Waals surface area contributed by atoms with E-state index >= 15 is 0 Å². The van der Waals surface area contributed by atoms with Crippen LogP contribution in [0.4, 0.5) is 0 Å². The van der Waals surface area contributed by atoms with Crippen molar-refractivity contribution < 1.29 is 9.53 Å². The summed E-state index contributed by atoms with van der Waals surface area (Å²) in [6.07, 6.45) is 13.6. The number of nitriles is 1. The number of hydrogen-bond acceptors (Lipinski definition) is 3. The summed E-state index contributed by atoms with van der Waals surface area (Å²) in [5.74, 6) is 5.82. The Morgan fingerprint density at radius 2 is 1.86 bits per heavy atom. The van der Waals surface area contributed by atoms with E-state index in [-0.39, 0.29) is 11.9 Å². The number of fused-ring (bicyclic) bond motifs is 5. The van der Waals surface area contributed by atoms with Gasteiger partial charge in [-0.15, -0.1) is 0 Å². The molecular formula is C31H44N2O2. The summed E-state index contributed by atoms with van der Waals surface area (Å²) in [6, 6.07) is 9.32. The number of nitrogens with one attached hydrogen (secondary N) is 1. The molecule has 1 amide bonds. The van der Waals surface area contributed by atoms with Gasteiger partial charge in [0.1, 0.15) is 0 Å². The Kier molecular flexibility index (Phi) is 7.27. The third kappa shape index (κ3) is 4.66. The van der Waals surface area contributed by atoms with Crippen molar-refractivity contribution in [3.63, 3.8) is 0 Å². The number of nitrogens with zero attached hydrogens (tertiary/aromatic N) is 1. The van der Waals surface area contributed by atoms with E-state index in [1.807, 2.05) is 7.11 Å². The molecule has 4 saturated carbocycles. The molecule has 0 spiro atoms. The van der Waals surface area contributed by atoms with Crippen molar-refractivity contribution in [3.05, 3.63) is 35.4 Å². The lowest BCUT2D eigenvalue weighted by molar-refractivity contribution is -0.116. The molecule has 190 valence electrons. The molecule has 0 saturated heterocycles. The summed E-state index contributed by atoms with van der Waals surface area (Å²) in [4.78, 5) is 13.0. The standard InChI is InChI=1S/C31H44N2O2/c1-20(33-30(34)23-10-7-21(18-32)8-11-23)28-5-4-6-29-27-14-12-24-17-22(19-35-3)9-13-25(24)26(27)15-16-31(28,29)2/h7-8,10-11,20,22,24-29H,4-6,9,12-17,19H2,1-3H3,(H,33,34)/t20-,22-,24?,25-,26?,27+,28+,29?,31+/m0/s1. The molecule has 35 heavy (non-hydrogen) atoms.